The molecule has 0 saturated heterocycles. The van der Waals surface area contributed by atoms with E-state index in [1.54, 1.807) is 6.92 Å². The minimum absolute atomic E-state index is 0.341. The fourth-order valence-corrected chi connectivity index (χ4v) is 1.76. The molecule has 0 aromatic carbocycles. The summed E-state index contributed by atoms with van der Waals surface area (Å²) >= 11 is 0. The Bertz CT molecular complexity index is 242. The Morgan fingerprint density at radius 1 is 1.28 bits per heavy atom. The normalized spacial score (nSPS) is 14.9. The largest absolute Gasteiger partial charge is 0.468 e. The number of ether oxygens (including phenoxy) is 1. The highest BCUT2D eigenvalue weighted by Gasteiger charge is 2.29. The van der Waals surface area contributed by atoms with Gasteiger partial charge in [0.25, 0.3) is 0 Å². The van der Waals surface area contributed by atoms with Crippen molar-refractivity contribution in [1.82, 2.24) is 9.80 Å². The standard InChI is InChI=1S/C13H29N3O2/c1-6-16(10-7-9-15(3)4)11-8-13(2,14)12(17)18-5/h6-11,14H2,1-5H3. The van der Waals surface area contributed by atoms with Crippen molar-refractivity contribution in [1.29, 1.82) is 0 Å². The molecule has 0 aliphatic rings. The summed E-state index contributed by atoms with van der Waals surface area (Å²) in [6.45, 7) is 7.77. The van der Waals surface area contributed by atoms with E-state index in [2.05, 4.69) is 30.8 Å². The topological polar surface area (TPSA) is 58.8 Å². The minimum Gasteiger partial charge on any atom is -0.468 e. The van der Waals surface area contributed by atoms with Gasteiger partial charge < -0.3 is 20.3 Å². The third kappa shape index (κ3) is 6.93. The van der Waals surface area contributed by atoms with E-state index in [4.69, 9.17) is 10.5 Å². The Morgan fingerprint density at radius 3 is 2.33 bits per heavy atom. The van der Waals surface area contributed by atoms with Crippen LogP contribution in [-0.4, -0.2) is 68.7 Å². The van der Waals surface area contributed by atoms with Crippen LogP contribution in [0.3, 0.4) is 0 Å². The second kappa shape index (κ2) is 8.45. The summed E-state index contributed by atoms with van der Waals surface area (Å²) in [5.41, 5.74) is 5.06. The number of carbonyl (C=O) groups excluding carboxylic acids is 1. The molecule has 1 atom stereocenters. The molecule has 0 fully saturated rings. The molecule has 18 heavy (non-hydrogen) atoms. The van der Waals surface area contributed by atoms with E-state index in [0.29, 0.717) is 6.42 Å². The number of hydrogen-bond acceptors (Lipinski definition) is 5. The van der Waals surface area contributed by atoms with E-state index in [1.165, 1.54) is 7.11 Å². The van der Waals surface area contributed by atoms with Crippen molar-refractivity contribution in [3.8, 4) is 0 Å². The molecule has 0 spiro atoms. The number of nitrogens with zero attached hydrogens (tertiary/aromatic N) is 2. The number of rotatable bonds is 9. The highest BCUT2D eigenvalue weighted by Crippen LogP contribution is 2.09. The van der Waals surface area contributed by atoms with Crippen LogP contribution in [0.1, 0.15) is 26.7 Å². The molecule has 0 bridgehead atoms. The Morgan fingerprint density at radius 2 is 1.89 bits per heavy atom. The molecule has 1 unspecified atom stereocenters. The van der Waals surface area contributed by atoms with Crippen LogP contribution in [0.25, 0.3) is 0 Å². The van der Waals surface area contributed by atoms with Gasteiger partial charge in [0.15, 0.2) is 0 Å². The fraction of sp³-hybridized carbons (Fsp3) is 0.923. The van der Waals surface area contributed by atoms with Gasteiger partial charge in [0.05, 0.1) is 7.11 Å². The quantitative estimate of drug-likeness (QED) is 0.613. The fourth-order valence-electron chi connectivity index (χ4n) is 1.76. The maximum Gasteiger partial charge on any atom is 0.325 e. The lowest BCUT2D eigenvalue weighted by Gasteiger charge is -2.27. The highest BCUT2D eigenvalue weighted by atomic mass is 16.5. The molecular formula is C13H29N3O2. The summed E-state index contributed by atoms with van der Waals surface area (Å²) in [6, 6.07) is 0. The van der Waals surface area contributed by atoms with Gasteiger partial charge in [-0.05, 0) is 53.5 Å². The first-order chi connectivity index (χ1) is 8.33. The van der Waals surface area contributed by atoms with Gasteiger partial charge in [-0.2, -0.15) is 0 Å². The number of carbonyl (C=O) groups is 1. The van der Waals surface area contributed by atoms with Gasteiger partial charge in [-0.3, -0.25) is 4.79 Å². The molecular weight excluding hydrogens is 230 g/mol. The maximum absolute atomic E-state index is 11.5. The van der Waals surface area contributed by atoms with E-state index in [0.717, 1.165) is 32.6 Å². The maximum atomic E-state index is 11.5. The van der Waals surface area contributed by atoms with Gasteiger partial charge in [0.2, 0.25) is 0 Å². The Balaban J connectivity index is 4.02. The van der Waals surface area contributed by atoms with Crippen LogP contribution in [0.15, 0.2) is 0 Å². The van der Waals surface area contributed by atoms with Gasteiger partial charge in [-0.15, -0.1) is 0 Å². The molecule has 2 N–H and O–H groups in total. The third-order valence-corrected chi connectivity index (χ3v) is 3.13. The van der Waals surface area contributed by atoms with Gasteiger partial charge >= 0.3 is 5.97 Å². The number of esters is 1. The van der Waals surface area contributed by atoms with E-state index < -0.39 is 5.54 Å². The summed E-state index contributed by atoms with van der Waals surface area (Å²) in [5.74, 6) is -0.341. The Labute approximate surface area is 111 Å². The van der Waals surface area contributed by atoms with E-state index in [9.17, 15) is 4.79 Å². The molecule has 0 radical (unpaired) electrons. The lowest BCUT2D eigenvalue weighted by Crippen LogP contribution is -2.48. The zero-order valence-electron chi connectivity index (χ0n) is 12.5. The lowest BCUT2D eigenvalue weighted by atomic mass is 9.99. The number of methoxy groups -OCH3 is 1. The first-order valence-electron chi connectivity index (χ1n) is 6.58. The van der Waals surface area contributed by atoms with Gasteiger partial charge in [0.1, 0.15) is 5.54 Å². The average Bonchev–Trinajstić information content (AvgIpc) is 2.31. The zero-order chi connectivity index (χ0) is 14.2. The van der Waals surface area contributed by atoms with Crippen molar-refractivity contribution in [2.24, 2.45) is 5.73 Å². The van der Waals surface area contributed by atoms with Gasteiger partial charge in [0, 0.05) is 6.54 Å². The molecule has 0 aromatic rings. The SMILES string of the molecule is CCN(CCCN(C)C)CCC(C)(N)C(=O)OC. The third-order valence-electron chi connectivity index (χ3n) is 3.13. The van der Waals surface area contributed by atoms with Crippen molar-refractivity contribution in [3.05, 3.63) is 0 Å². The van der Waals surface area contributed by atoms with Crippen LogP contribution in [0.2, 0.25) is 0 Å². The van der Waals surface area contributed by atoms with Crippen molar-refractivity contribution in [3.63, 3.8) is 0 Å². The predicted molar refractivity (Wildman–Crippen MR) is 74.5 cm³/mol. The first-order valence-corrected chi connectivity index (χ1v) is 6.58. The van der Waals surface area contributed by atoms with Crippen molar-refractivity contribution >= 4 is 5.97 Å². The summed E-state index contributed by atoms with van der Waals surface area (Å²) < 4.78 is 4.70. The monoisotopic (exact) mass is 259 g/mol. The van der Waals surface area contributed by atoms with E-state index in [-0.39, 0.29) is 5.97 Å². The second-order valence-corrected chi connectivity index (χ2v) is 5.25. The highest BCUT2D eigenvalue weighted by molar-refractivity contribution is 5.79. The predicted octanol–water partition coefficient (Wildman–Crippen LogP) is 0.541. The Hall–Kier alpha value is -0.650. The Kier molecular flexibility index (Phi) is 8.15. The minimum atomic E-state index is -0.885. The molecule has 5 heteroatoms. The zero-order valence-corrected chi connectivity index (χ0v) is 12.5. The molecule has 0 aliphatic heterocycles. The number of nitrogens with two attached hydrogens (primary N) is 1. The van der Waals surface area contributed by atoms with Gasteiger partial charge in [-0.1, -0.05) is 6.92 Å². The molecule has 0 heterocycles. The molecule has 0 rings (SSSR count). The first kappa shape index (κ1) is 17.4. The molecule has 108 valence electrons. The van der Waals surface area contributed by atoms with Crippen LogP contribution >= 0.6 is 0 Å². The average molecular weight is 259 g/mol. The molecule has 0 aromatic heterocycles. The lowest BCUT2D eigenvalue weighted by molar-refractivity contribution is -0.146. The van der Waals surface area contributed by atoms with Crippen LogP contribution in [0.4, 0.5) is 0 Å². The molecule has 0 amide bonds. The summed E-state index contributed by atoms with van der Waals surface area (Å²) in [6.07, 6.45) is 1.75. The van der Waals surface area contributed by atoms with E-state index >= 15 is 0 Å². The van der Waals surface area contributed by atoms with Crippen LogP contribution < -0.4 is 5.73 Å². The van der Waals surface area contributed by atoms with E-state index in [1.807, 2.05) is 0 Å². The molecule has 5 nitrogen and oxygen atoms in total. The summed E-state index contributed by atoms with van der Waals surface area (Å²) in [7, 11) is 5.52. The summed E-state index contributed by atoms with van der Waals surface area (Å²) in [4.78, 5) is 16.0. The van der Waals surface area contributed by atoms with Crippen LogP contribution in [0.5, 0.6) is 0 Å². The van der Waals surface area contributed by atoms with Crippen LogP contribution in [-0.2, 0) is 9.53 Å². The van der Waals surface area contributed by atoms with Crippen molar-refractivity contribution < 1.29 is 9.53 Å². The second-order valence-electron chi connectivity index (χ2n) is 5.25. The van der Waals surface area contributed by atoms with Crippen LogP contribution in [0, 0.1) is 0 Å². The van der Waals surface area contributed by atoms with Gasteiger partial charge in [-0.25, -0.2) is 0 Å². The molecule has 0 saturated carbocycles. The smallest absolute Gasteiger partial charge is 0.325 e. The van der Waals surface area contributed by atoms with Crippen molar-refractivity contribution in [2.75, 3.05) is 47.4 Å². The molecule has 0 aliphatic carbocycles. The summed E-state index contributed by atoms with van der Waals surface area (Å²) in [5, 5.41) is 0. The number of hydrogen-bond donors (Lipinski definition) is 1. The van der Waals surface area contributed by atoms with Crippen molar-refractivity contribution in [2.45, 2.75) is 32.2 Å².